The van der Waals surface area contributed by atoms with Crippen LogP contribution in [0.1, 0.15) is 0 Å². The van der Waals surface area contributed by atoms with Crippen LogP contribution in [-0.2, 0) is 0 Å². The van der Waals surface area contributed by atoms with E-state index in [2.05, 4.69) is 21.2 Å². The topological polar surface area (TPSA) is 12.0 Å². The van der Waals surface area contributed by atoms with Gasteiger partial charge in [-0.3, -0.25) is 0 Å². The number of halogens is 1. The molecule has 1 radical (unpaired) electrons. The Hall–Kier alpha value is 0.180. The van der Waals surface area contributed by atoms with Crippen molar-refractivity contribution < 1.29 is 0 Å². The molecule has 0 aromatic rings. The van der Waals surface area contributed by atoms with E-state index in [0.717, 1.165) is 6.54 Å². The highest BCUT2D eigenvalue weighted by Crippen LogP contribution is 2.07. The lowest BCUT2D eigenvalue weighted by Gasteiger charge is -1.81. The number of hydrogen-bond donors (Lipinski definition) is 1. The quantitative estimate of drug-likeness (QED) is 0.539. The van der Waals surface area contributed by atoms with Gasteiger partial charge in [-0.1, -0.05) is 22.0 Å². The van der Waals surface area contributed by atoms with Crippen molar-refractivity contribution in [3.63, 3.8) is 0 Å². The van der Waals surface area contributed by atoms with E-state index < -0.39 is 0 Å². The summed E-state index contributed by atoms with van der Waals surface area (Å²) in [7, 11) is 0. The first-order chi connectivity index (χ1) is 2.89. The van der Waals surface area contributed by atoms with Crippen molar-refractivity contribution in [1.29, 1.82) is 0 Å². The Labute approximate surface area is 45.6 Å². The van der Waals surface area contributed by atoms with Crippen molar-refractivity contribution in [2.75, 3.05) is 6.54 Å². The summed E-state index contributed by atoms with van der Waals surface area (Å²) < 4.78 is 1.22. The van der Waals surface area contributed by atoms with Crippen LogP contribution in [0.15, 0.2) is 10.6 Å². The lowest BCUT2D eigenvalue weighted by atomic mass is 10.6. The van der Waals surface area contributed by atoms with Gasteiger partial charge >= 0.3 is 0 Å². The second kappa shape index (κ2) is 1.76. The number of hydrogen-bond acceptors (Lipinski definition) is 1. The Kier molecular flexibility index (Phi) is 1.27. The van der Waals surface area contributed by atoms with Crippen LogP contribution in [0.2, 0.25) is 0 Å². The molecule has 0 spiro atoms. The van der Waals surface area contributed by atoms with Crippen molar-refractivity contribution in [3.05, 3.63) is 17.1 Å². The Balaban J connectivity index is 2.45. The summed E-state index contributed by atoms with van der Waals surface area (Å²) in [6, 6.07) is 0. The number of nitrogens with one attached hydrogen (secondary N) is 1. The Morgan fingerprint density at radius 2 is 2.67 bits per heavy atom. The van der Waals surface area contributed by atoms with Crippen molar-refractivity contribution >= 4 is 15.9 Å². The molecule has 2 heteroatoms. The van der Waals surface area contributed by atoms with Crippen LogP contribution in [0.4, 0.5) is 0 Å². The van der Waals surface area contributed by atoms with Crippen molar-refractivity contribution in [2.45, 2.75) is 0 Å². The molecular weight excluding hydrogens is 142 g/mol. The minimum Gasteiger partial charge on any atom is -0.304 e. The lowest BCUT2D eigenvalue weighted by Crippen LogP contribution is -2.01. The van der Waals surface area contributed by atoms with Crippen LogP contribution >= 0.6 is 15.9 Å². The van der Waals surface area contributed by atoms with Gasteiger partial charge in [0.05, 0.1) is 0 Å². The van der Waals surface area contributed by atoms with Gasteiger partial charge in [0.15, 0.2) is 0 Å². The highest BCUT2D eigenvalue weighted by atomic mass is 79.9. The zero-order chi connectivity index (χ0) is 4.41. The molecule has 1 N–H and O–H groups in total. The molecule has 1 aliphatic rings. The molecule has 33 valence electrons. The summed E-state index contributed by atoms with van der Waals surface area (Å²) in [6.45, 7) is 2.88. The van der Waals surface area contributed by atoms with E-state index in [1.165, 1.54) is 4.48 Å². The first-order valence-electron chi connectivity index (χ1n) is 1.81. The highest BCUT2D eigenvalue weighted by Gasteiger charge is 1.95. The van der Waals surface area contributed by atoms with E-state index in [1.54, 1.807) is 0 Å². The average molecular weight is 147 g/mol. The largest absolute Gasteiger partial charge is 0.304 e. The molecular formula is C4H5BrN. The Morgan fingerprint density at radius 3 is 2.83 bits per heavy atom. The third-order valence-corrected chi connectivity index (χ3v) is 1.20. The minimum absolute atomic E-state index is 0.958. The summed E-state index contributed by atoms with van der Waals surface area (Å²) in [6.07, 6.45) is 2.00. The predicted octanol–water partition coefficient (Wildman–Crippen LogP) is 1.03. The van der Waals surface area contributed by atoms with Crippen molar-refractivity contribution in [1.82, 2.24) is 5.32 Å². The zero-order valence-electron chi connectivity index (χ0n) is 3.24. The molecule has 0 fully saturated rings. The fourth-order valence-corrected chi connectivity index (χ4v) is 0.659. The zero-order valence-corrected chi connectivity index (χ0v) is 4.83. The standard InChI is InChI=1S/C4H5BrN/c5-4-1-2-6-3-4/h1-2,6H,3H2. The fourth-order valence-electron chi connectivity index (χ4n) is 0.365. The van der Waals surface area contributed by atoms with Gasteiger partial charge in [-0.25, -0.2) is 0 Å². The first-order valence-corrected chi connectivity index (χ1v) is 2.60. The van der Waals surface area contributed by atoms with Gasteiger partial charge in [-0.05, 0) is 0 Å². The van der Waals surface area contributed by atoms with Gasteiger partial charge in [-0.15, -0.1) is 0 Å². The van der Waals surface area contributed by atoms with Gasteiger partial charge < -0.3 is 5.32 Å². The molecule has 1 rings (SSSR count). The van der Waals surface area contributed by atoms with Gasteiger partial charge in [0, 0.05) is 17.6 Å². The summed E-state index contributed by atoms with van der Waals surface area (Å²) >= 11 is 3.31. The Morgan fingerprint density at radius 1 is 1.83 bits per heavy atom. The molecule has 0 saturated heterocycles. The van der Waals surface area contributed by atoms with Crippen molar-refractivity contribution in [2.24, 2.45) is 0 Å². The molecule has 0 aromatic heterocycles. The van der Waals surface area contributed by atoms with E-state index in [0.29, 0.717) is 0 Å². The number of rotatable bonds is 0. The summed E-state index contributed by atoms with van der Waals surface area (Å²) in [5.74, 6) is 0. The second-order valence-corrected chi connectivity index (χ2v) is 2.18. The highest BCUT2D eigenvalue weighted by molar-refractivity contribution is 9.11. The SMILES string of the molecule is BrC1=C[CH]NC1. The molecule has 6 heavy (non-hydrogen) atoms. The maximum atomic E-state index is 3.31. The van der Waals surface area contributed by atoms with Crippen LogP contribution in [-0.4, -0.2) is 6.54 Å². The fraction of sp³-hybridized carbons (Fsp3) is 0.250. The molecule has 1 aliphatic heterocycles. The van der Waals surface area contributed by atoms with Crippen LogP contribution < -0.4 is 5.32 Å². The van der Waals surface area contributed by atoms with Crippen molar-refractivity contribution in [3.8, 4) is 0 Å². The maximum Gasteiger partial charge on any atom is 0.0456 e. The maximum absolute atomic E-state index is 3.31. The summed E-state index contributed by atoms with van der Waals surface area (Å²) in [5, 5.41) is 3.01. The summed E-state index contributed by atoms with van der Waals surface area (Å²) in [5.41, 5.74) is 0. The monoisotopic (exact) mass is 146 g/mol. The molecule has 0 bridgehead atoms. The molecule has 0 saturated carbocycles. The summed E-state index contributed by atoms with van der Waals surface area (Å²) in [4.78, 5) is 0. The molecule has 0 amide bonds. The van der Waals surface area contributed by atoms with Gasteiger partial charge in [0.2, 0.25) is 0 Å². The van der Waals surface area contributed by atoms with Crippen LogP contribution in [0.25, 0.3) is 0 Å². The van der Waals surface area contributed by atoms with Gasteiger partial charge in [0.1, 0.15) is 0 Å². The van der Waals surface area contributed by atoms with E-state index in [9.17, 15) is 0 Å². The first kappa shape index (κ1) is 4.34. The third-order valence-electron chi connectivity index (χ3n) is 0.653. The van der Waals surface area contributed by atoms with E-state index in [-0.39, 0.29) is 0 Å². The molecule has 1 nitrogen and oxygen atoms in total. The minimum atomic E-state index is 0.958. The predicted molar refractivity (Wildman–Crippen MR) is 29.3 cm³/mol. The van der Waals surface area contributed by atoms with E-state index in [1.807, 2.05) is 12.6 Å². The molecule has 0 aliphatic carbocycles. The van der Waals surface area contributed by atoms with Crippen LogP contribution in [0.5, 0.6) is 0 Å². The Bertz CT molecular complexity index is 77.6. The lowest BCUT2D eigenvalue weighted by molar-refractivity contribution is 0.973. The third kappa shape index (κ3) is 0.820. The molecule has 0 atom stereocenters. The normalized spacial score (nSPS) is 21.2. The van der Waals surface area contributed by atoms with Crippen LogP contribution in [0.3, 0.4) is 0 Å². The molecule has 0 unspecified atom stereocenters. The van der Waals surface area contributed by atoms with E-state index >= 15 is 0 Å². The van der Waals surface area contributed by atoms with Crippen LogP contribution in [0, 0.1) is 6.54 Å². The average Bonchev–Trinajstić information content (AvgIpc) is 1.86. The van der Waals surface area contributed by atoms with Gasteiger partial charge in [0.25, 0.3) is 0 Å². The van der Waals surface area contributed by atoms with Gasteiger partial charge in [-0.2, -0.15) is 0 Å². The molecule has 0 aromatic carbocycles. The smallest absolute Gasteiger partial charge is 0.0456 e. The second-order valence-electron chi connectivity index (χ2n) is 1.16. The molecule has 1 heterocycles. The van der Waals surface area contributed by atoms with E-state index in [4.69, 9.17) is 0 Å².